The van der Waals surface area contributed by atoms with Gasteiger partial charge in [0.1, 0.15) is 0 Å². The summed E-state index contributed by atoms with van der Waals surface area (Å²) in [6, 6.07) is 0. The molecule has 1 N–H and O–H groups in total. The summed E-state index contributed by atoms with van der Waals surface area (Å²) in [5, 5.41) is 2.93. The van der Waals surface area contributed by atoms with Crippen molar-refractivity contribution in [1.82, 2.24) is 5.32 Å². The quantitative estimate of drug-likeness (QED) is 0.377. The number of hydrogen-bond donors (Lipinski definition) is 1. The van der Waals surface area contributed by atoms with E-state index in [4.69, 9.17) is 0 Å². The Labute approximate surface area is 126 Å². The van der Waals surface area contributed by atoms with Crippen LogP contribution >= 0.6 is 0 Å². The van der Waals surface area contributed by atoms with Crippen molar-refractivity contribution in [3.05, 3.63) is 11.1 Å². The van der Waals surface area contributed by atoms with E-state index in [1.807, 2.05) is 13.8 Å². The minimum absolute atomic E-state index is 0.133. The van der Waals surface area contributed by atoms with Crippen LogP contribution < -0.4 is 5.32 Å². The lowest BCUT2D eigenvalue weighted by Gasteiger charge is -2.12. The molecule has 0 aromatic carbocycles. The fourth-order valence-corrected chi connectivity index (χ4v) is 2.48. The van der Waals surface area contributed by atoms with E-state index in [1.165, 1.54) is 56.9 Å². The molecule has 0 aliphatic carbocycles. The van der Waals surface area contributed by atoms with Crippen molar-refractivity contribution in [3.8, 4) is 0 Å². The third-order valence-corrected chi connectivity index (χ3v) is 3.87. The topological polar surface area (TPSA) is 29.1 Å². The van der Waals surface area contributed by atoms with Crippen molar-refractivity contribution >= 4 is 5.91 Å². The first-order valence-electron chi connectivity index (χ1n) is 8.64. The maximum absolute atomic E-state index is 12.0. The van der Waals surface area contributed by atoms with Gasteiger partial charge in [-0.3, -0.25) is 4.79 Å². The van der Waals surface area contributed by atoms with E-state index in [0.717, 1.165) is 25.0 Å². The number of likely N-dealkylation sites (N-methyl/N-ethyl adjacent to an activating group) is 1. The molecule has 0 unspecified atom stereocenters. The highest BCUT2D eigenvalue weighted by molar-refractivity contribution is 5.93. The van der Waals surface area contributed by atoms with E-state index >= 15 is 0 Å². The molecule has 0 rings (SSSR count). The molecule has 20 heavy (non-hydrogen) atoms. The van der Waals surface area contributed by atoms with Crippen molar-refractivity contribution in [1.29, 1.82) is 0 Å². The summed E-state index contributed by atoms with van der Waals surface area (Å²) in [6.07, 6.45) is 12.4. The third-order valence-electron chi connectivity index (χ3n) is 3.87. The Bertz CT molecular complexity index is 267. The standard InChI is InChI=1S/C18H35NO/c1-5-8-10-12-14-17(15-13-11-9-6-2)16(4)18(20)19-7-3/h5-15H2,1-4H3,(H,19,20). The monoisotopic (exact) mass is 281 g/mol. The number of carbonyl (C=O) groups is 1. The molecule has 0 aromatic rings. The van der Waals surface area contributed by atoms with Gasteiger partial charge in [-0.05, 0) is 39.5 Å². The molecule has 0 saturated carbocycles. The highest BCUT2D eigenvalue weighted by Gasteiger charge is 2.09. The first-order chi connectivity index (χ1) is 9.67. The summed E-state index contributed by atoms with van der Waals surface area (Å²) in [5.41, 5.74) is 2.36. The molecule has 0 atom stereocenters. The second-order valence-electron chi connectivity index (χ2n) is 5.71. The van der Waals surface area contributed by atoms with Gasteiger partial charge in [0.15, 0.2) is 0 Å². The molecule has 0 heterocycles. The molecule has 0 bridgehead atoms. The van der Waals surface area contributed by atoms with Crippen molar-refractivity contribution in [3.63, 3.8) is 0 Å². The smallest absolute Gasteiger partial charge is 0.246 e. The zero-order valence-corrected chi connectivity index (χ0v) is 14.2. The summed E-state index contributed by atoms with van der Waals surface area (Å²) >= 11 is 0. The third kappa shape index (κ3) is 9.17. The maximum Gasteiger partial charge on any atom is 0.246 e. The van der Waals surface area contributed by atoms with Gasteiger partial charge < -0.3 is 5.32 Å². The average molecular weight is 281 g/mol. The molecular weight excluding hydrogens is 246 g/mol. The van der Waals surface area contributed by atoms with Crippen LogP contribution in [-0.4, -0.2) is 12.5 Å². The normalized spacial score (nSPS) is 10.4. The summed E-state index contributed by atoms with van der Waals surface area (Å²) < 4.78 is 0. The number of allylic oxidation sites excluding steroid dienone is 1. The molecular formula is C18H35NO. The van der Waals surface area contributed by atoms with E-state index < -0.39 is 0 Å². The Balaban J connectivity index is 4.42. The predicted octanol–water partition coefficient (Wildman–Crippen LogP) is 5.38. The zero-order valence-electron chi connectivity index (χ0n) is 14.2. The summed E-state index contributed by atoms with van der Waals surface area (Å²) in [6.45, 7) is 9.17. The molecule has 0 saturated heterocycles. The summed E-state index contributed by atoms with van der Waals surface area (Å²) in [4.78, 5) is 12.0. The molecule has 0 radical (unpaired) electrons. The number of nitrogens with one attached hydrogen (secondary N) is 1. The molecule has 0 aliphatic heterocycles. The van der Waals surface area contributed by atoms with Gasteiger partial charge in [-0.1, -0.05) is 57.9 Å². The first kappa shape index (κ1) is 19.2. The molecule has 2 nitrogen and oxygen atoms in total. The predicted molar refractivity (Wildman–Crippen MR) is 88.9 cm³/mol. The van der Waals surface area contributed by atoms with Gasteiger partial charge in [0.25, 0.3) is 0 Å². The number of amides is 1. The van der Waals surface area contributed by atoms with Gasteiger partial charge in [-0.25, -0.2) is 0 Å². The van der Waals surface area contributed by atoms with Crippen LogP contribution in [0.15, 0.2) is 11.1 Å². The van der Waals surface area contributed by atoms with Crippen molar-refractivity contribution in [2.24, 2.45) is 0 Å². The van der Waals surface area contributed by atoms with Gasteiger partial charge in [-0.2, -0.15) is 0 Å². The van der Waals surface area contributed by atoms with Crippen LogP contribution in [0, 0.1) is 0 Å². The average Bonchev–Trinajstić information content (AvgIpc) is 2.45. The van der Waals surface area contributed by atoms with Crippen LogP contribution in [0.5, 0.6) is 0 Å². The summed E-state index contributed by atoms with van der Waals surface area (Å²) in [5.74, 6) is 0.133. The van der Waals surface area contributed by atoms with E-state index in [2.05, 4.69) is 19.2 Å². The van der Waals surface area contributed by atoms with E-state index in [9.17, 15) is 4.79 Å². The fourth-order valence-electron chi connectivity index (χ4n) is 2.48. The molecule has 0 aromatic heterocycles. The van der Waals surface area contributed by atoms with Crippen molar-refractivity contribution in [2.45, 2.75) is 91.9 Å². The Morgan fingerprint density at radius 1 is 0.800 bits per heavy atom. The molecule has 0 aliphatic rings. The van der Waals surface area contributed by atoms with Crippen molar-refractivity contribution < 1.29 is 4.79 Å². The number of unbranched alkanes of at least 4 members (excludes halogenated alkanes) is 6. The van der Waals surface area contributed by atoms with Gasteiger partial charge >= 0.3 is 0 Å². The molecule has 2 heteroatoms. The van der Waals surface area contributed by atoms with Crippen LogP contribution in [0.2, 0.25) is 0 Å². The number of hydrogen-bond acceptors (Lipinski definition) is 1. The van der Waals surface area contributed by atoms with E-state index in [0.29, 0.717) is 0 Å². The van der Waals surface area contributed by atoms with E-state index in [1.54, 1.807) is 0 Å². The highest BCUT2D eigenvalue weighted by Crippen LogP contribution is 2.21. The van der Waals surface area contributed by atoms with Gasteiger partial charge in [0.2, 0.25) is 5.91 Å². The molecule has 0 fully saturated rings. The number of carbonyl (C=O) groups excluding carboxylic acids is 1. The van der Waals surface area contributed by atoms with Crippen LogP contribution in [0.25, 0.3) is 0 Å². The Morgan fingerprint density at radius 3 is 1.70 bits per heavy atom. The lowest BCUT2D eigenvalue weighted by atomic mass is 9.96. The minimum Gasteiger partial charge on any atom is -0.353 e. The lowest BCUT2D eigenvalue weighted by molar-refractivity contribution is -0.117. The highest BCUT2D eigenvalue weighted by atomic mass is 16.1. The second-order valence-corrected chi connectivity index (χ2v) is 5.71. The molecule has 1 amide bonds. The lowest BCUT2D eigenvalue weighted by Crippen LogP contribution is -2.24. The van der Waals surface area contributed by atoms with Gasteiger partial charge in [0, 0.05) is 12.1 Å². The van der Waals surface area contributed by atoms with Crippen LogP contribution in [0.4, 0.5) is 0 Å². The SMILES string of the molecule is CCCCCCC(CCCCCC)=C(C)C(=O)NCC. The van der Waals surface area contributed by atoms with Crippen LogP contribution in [-0.2, 0) is 4.79 Å². The largest absolute Gasteiger partial charge is 0.353 e. The van der Waals surface area contributed by atoms with Gasteiger partial charge in [-0.15, -0.1) is 0 Å². The molecule has 0 spiro atoms. The Hall–Kier alpha value is -0.790. The summed E-state index contributed by atoms with van der Waals surface area (Å²) in [7, 11) is 0. The minimum atomic E-state index is 0.133. The Kier molecular flexibility index (Phi) is 12.7. The van der Waals surface area contributed by atoms with Crippen LogP contribution in [0.1, 0.15) is 91.9 Å². The maximum atomic E-state index is 12.0. The number of rotatable bonds is 12. The zero-order chi connectivity index (χ0) is 15.2. The Morgan fingerprint density at radius 2 is 1.30 bits per heavy atom. The first-order valence-corrected chi connectivity index (χ1v) is 8.64. The van der Waals surface area contributed by atoms with E-state index in [-0.39, 0.29) is 5.91 Å². The van der Waals surface area contributed by atoms with Crippen molar-refractivity contribution in [2.75, 3.05) is 6.54 Å². The fraction of sp³-hybridized carbons (Fsp3) is 0.833. The van der Waals surface area contributed by atoms with Crippen LogP contribution in [0.3, 0.4) is 0 Å². The molecule has 118 valence electrons. The second kappa shape index (κ2) is 13.2. The van der Waals surface area contributed by atoms with Gasteiger partial charge in [0.05, 0.1) is 0 Å².